The monoisotopic (exact) mass is 577 g/mol. The molecule has 8 heteroatoms. The van der Waals surface area contributed by atoms with Crippen LogP contribution in [-0.4, -0.2) is 59.7 Å². The molecule has 8 nitrogen and oxygen atoms in total. The molecule has 1 saturated heterocycles. The molecule has 0 radical (unpaired) electrons. The number of benzene rings is 2. The number of hydrogen-bond donors (Lipinski definition) is 1. The maximum absolute atomic E-state index is 14.7. The average Bonchev–Trinajstić information content (AvgIpc) is 2.97. The average molecular weight is 578 g/mol. The second-order valence-electron chi connectivity index (χ2n) is 14.1. The highest BCUT2D eigenvalue weighted by atomic mass is 16.2. The van der Waals surface area contributed by atoms with E-state index in [1.807, 2.05) is 11.1 Å². The molecule has 43 heavy (non-hydrogen) atoms. The predicted molar refractivity (Wildman–Crippen MR) is 172 cm³/mol. The van der Waals surface area contributed by atoms with Gasteiger partial charge < -0.3 is 15.1 Å². The third-order valence-corrected chi connectivity index (χ3v) is 11.0. The SMILES string of the molecule is Cc1cccc(C)c1N1Cc2cnc(Nc3ccc(N4CCN(C)CC4)cc3)nc2N(C23CC4CC(CC(C4)C2)C3)C1=O. The number of para-hydroxylation sites is 1. The van der Waals surface area contributed by atoms with Crippen molar-refractivity contribution in [2.45, 2.75) is 64.5 Å². The molecule has 6 aliphatic rings. The molecular weight excluding hydrogens is 534 g/mol. The fraction of sp³-hybridized carbons (Fsp3) is 0.514. The molecule has 3 aromatic rings. The lowest BCUT2D eigenvalue weighted by Crippen LogP contribution is -2.65. The van der Waals surface area contributed by atoms with Gasteiger partial charge in [-0.1, -0.05) is 18.2 Å². The van der Waals surface area contributed by atoms with E-state index < -0.39 is 0 Å². The number of hydrogen-bond acceptors (Lipinski definition) is 6. The first-order chi connectivity index (χ1) is 20.8. The number of amides is 2. The third-order valence-electron chi connectivity index (χ3n) is 11.0. The number of carbonyl (C=O) groups excluding carboxylic acids is 1. The molecule has 9 rings (SSSR count). The number of rotatable bonds is 5. The quantitative estimate of drug-likeness (QED) is 0.373. The van der Waals surface area contributed by atoms with Crippen molar-refractivity contribution < 1.29 is 4.79 Å². The summed E-state index contributed by atoms with van der Waals surface area (Å²) >= 11 is 0. The lowest BCUT2D eigenvalue weighted by atomic mass is 9.52. The van der Waals surface area contributed by atoms with Crippen LogP contribution in [0.4, 0.5) is 33.6 Å². The van der Waals surface area contributed by atoms with Crippen molar-refractivity contribution in [2.24, 2.45) is 17.8 Å². The van der Waals surface area contributed by atoms with Gasteiger partial charge in [0, 0.05) is 49.3 Å². The number of likely N-dealkylation sites (N-methyl/N-ethyl adjacent to an activating group) is 1. The van der Waals surface area contributed by atoms with Crippen LogP contribution in [0, 0.1) is 31.6 Å². The summed E-state index contributed by atoms with van der Waals surface area (Å²) < 4.78 is 0. The van der Waals surface area contributed by atoms with Crippen LogP contribution in [0.2, 0.25) is 0 Å². The maximum Gasteiger partial charge on any atom is 0.331 e. The van der Waals surface area contributed by atoms with Crippen LogP contribution in [0.5, 0.6) is 0 Å². The summed E-state index contributed by atoms with van der Waals surface area (Å²) in [5.41, 5.74) is 6.34. The first-order valence-corrected chi connectivity index (χ1v) is 16.2. The van der Waals surface area contributed by atoms with Gasteiger partial charge in [-0.2, -0.15) is 4.98 Å². The molecule has 4 aliphatic carbocycles. The van der Waals surface area contributed by atoms with Crippen molar-refractivity contribution in [1.82, 2.24) is 14.9 Å². The summed E-state index contributed by atoms with van der Waals surface area (Å²) in [4.78, 5) is 33.6. The van der Waals surface area contributed by atoms with E-state index in [-0.39, 0.29) is 11.6 Å². The van der Waals surface area contributed by atoms with Crippen LogP contribution in [0.15, 0.2) is 48.7 Å². The zero-order valence-electron chi connectivity index (χ0n) is 25.7. The Bertz CT molecular complexity index is 1490. The normalized spacial score (nSPS) is 28.4. The Kier molecular flexibility index (Phi) is 6.40. The predicted octanol–water partition coefficient (Wildman–Crippen LogP) is 6.50. The Balaban J connectivity index is 1.14. The van der Waals surface area contributed by atoms with E-state index in [4.69, 9.17) is 9.97 Å². The van der Waals surface area contributed by atoms with Gasteiger partial charge in [-0.3, -0.25) is 9.80 Å². The zero-order valence-corrected chi connectivity index (χ0v) is 25.7. The lowest BCUT2D eigenvalue weighted by Gasteiger charge is -2.61. The molecule has 0 unspecified atom stereocenters. The standard InChI is InChI=1S/C35H43N7O/c1-23-5-4-6-24(2)31(23)41-22-28-21-36-33(37-29-7-9-30(10-8-29)40-13-11-39(3)12-14-40)38-32(28)42(34(41)43)35-18-25-15-26(19-35)17-27(16-25)20-35/h4-10,21,25-27H,11-20,22H2,1-3H3,(H,36,37,38). The largest absolute Gasteiger partial charge is 0.369 e. The fourth-order valence-electron chi connectivity index (χ4n) is 9.33. The van der Waals surface area contributed by atoms with Gasteiger partial charge in [0.2, 0.25) is 5.95 Å². The van der Waals surface area contributed by atoms with Crippen molar-refractivity contribution in [3.8, 4) is 0 Å². The molecular formula is C35H43N7O. The number of nitrogens with zero attached hydrogens (tertiary/aromatic N) is 6. The summed E-state index contributed by atoms with van der Waals surface area (Å²) in [5.74, 6) is 3.51. The molecule has 2 amide bonds. The number of fused-ring (bicyclic) bond motifs is 1. The van der Waals surface area contributed by atoms with Crippen LogP contribution in [0.1, 0.15) is 55.2 Å². The highest BCUT2D eigenvalue weighted by molar-refractivity contribution is 6.07. The molecule has 3 heterocycles. The molecule has 1 N–H and O–H groups in total. The van der Waals surface area contributed by atoms with Crippen molar-refractivity contribution in [1.29, 1.82) is 0 Å². The molecule has 0 spiro atoms. The number of nitrogens with one attached hydrogen (secondary N) is 1. The smallest absolute Gasteiger partial charge is 0.331 e. The second kappa shape index (κ2) is 10.2. The van der Waals surface area contributed by atoms with Crippen molar-refractivity contribution in [2.75, 3.05) is 53.2 Å². The van der Waals surface area contributed by atoms with Crippen LogP contribution < -0.4 is 20.0 Å². The molecule has 2 aromatic carbocycles. The van der Waals surface area contributed by atoms with E-state index in [1.54, 1.807) is 0 Å². The lowest BCUT2D eigenvalue weighted by molar-refractivity contribution is -0.000909. The van der Waals surface area contributed by atoms with Crippen LogP contribution in [-0.2, 0) is 6.54 Å². The summed E-state index contributed by atoms with van der Waals surface area (Å²) in [6.07, 6.45) is 9.20. The third kappa shape index (κ3) is 4.65. The highest BCUT2D eigenvalue weighted by Crippen LogP contribution is 2.59. The molecule has 1 aromatic heterocycles. The Morgan fingerprint density at radius 1 is 0.860 bits per heavy atom. The molecule has 0 atom stereocenters. The Hall–Kier alpha value is -3.65. The topological polar surface area (TPSA) is 67.8 Å². The fourth-order valence-corrected chi connectivity index (χ4v) is 9.33. The minimum absolute atomic E-state index is 0.0769. The number of aryl methyl sites for hydroxylation is 2. The van der Waals surface area contributed by atoms with E-state index in [2.05, 4.69) is 83.4 Å². The Morgan fingerprint density at radius 2 is 1.49 bits per heavy atom. The molecule has 2 aliphatic heterocycles. The number of aromatic nitrogens is 2. The Morgan fingerprint density at radius 3 is 2.12 bits per heavy atom. The number of carbonyl (C=O) groups is 1. The van der Waals surface area contributed by atoms with Gasteiger partial charge in [0.25, 0.3) is 0 Å². The first-order valence-electron chi connectivity index (χ1n) is 16.2. The van der Waals surface area contributed by atoms with E-state index in [9.17, 15) is 4.79 Å². The summed E-state index contributed by atoms with van der Waals surface area (Å²) in [7, 11) is 2.18. The van der Waals surface area contributed by atoms with Crippen LogP contribution >= 0.6 is 0 Å². The van der Waals surface area contributed by atoms with E-state index in [0.717, 1.165) is 97.1 Å². The molecule has 224 valence electrons. The summed E-state index contributed by atoms with van der Waals surface area (Å²) in [6, 6.07) is 15.0. The van der Waals surface area contributed by atoms with Gasteiger partial charge in [0.1, 0.15) is 5.82 Å². The van der Waals surface area contributed by atoms with Crippen molar-refractivity contribution >= 4 is 34.9 Å². The van der Waals surface area contributed by atoms with E-state index in [1.165, 1.54) is 24.9 Å². The van der Waals surface area contributed by atoms with Crippen molar-refractivity contribution in [3.63, 3.8) is 0 Å². The van der Waals surface area contributed by atoms with Gasteiger partial charge in [-0.05, 0) is 113 Å². The Labute approximate surface area is 255 Å². The van der Waals surface area contributed by atoms with E-state index >= 15 is 0 Å². The summed E-state index contributed by atoms with van der Waals surface area (Å²) in [5, 5.41) is 3.46. The van der Waals surface area contributed by atoms with Gasteiger partial charge in [0.15, 0.2) is 0 Å². The summed E-state index contributed by atoms with van der Waals surface area (Å²) in [6.45, 7) is 8.97. The maximum atomic E-state index is 14.7. The minimum atomic E-state index is -0.161. The molecule has 4 saturated carbocycles. The van der Waals surface area contributed by atoms with Crippen molar-refractivity contribution in [3.05, 3.63) is 65.4 Å². The van der Waals surface area contributed by atoms with E-state index in [0.29, 0.717) is 12.5 Å². The number of piperazine rings is 1. The van der Waals surface area contributed by atoms with Gasteiger partial charge >= 0.3 is 6.03 Å². The van der Waals surface area contributed by atoms with Crippen LogP contribution in [0.25, 0.3) is 0 Å². The number of anilines is 5. The van der Waals surface area contributed by atoms with Crippen LogP contribution in [0.3, 0.4) is 0 Å². The molecule has 5 fully saturated rings. The van der Waals surface area contributed by atoms with Gasteiger partial charge in [-0.25, -0.2) is 9.78 Å². The van der Waals surface area contributed by atoms with Gasteiger partial charge in [-0.15, -0.1) is 0 Å². The first kappa shape index (κ1) is 26.9. The number of urea groups is 1. The molecule has 4 bridgehead atoms. The van der Waals surface area contributed by atoms with Gasteiger partial charge in [0.05, 0.1) is 17.8 Å². The highest BCUT2D eigenvalue weighted by Gasteiger charge is 2.57. The zero-order chi connectivity index (χ0) is 29.3. The second-order valence-corrected chi connectivity index (χ2v) is 14.1. The minimum Gasteiger partial charge on any atom is -0.369 e.